The van der Waals surface area contributed by atoms with Gasteiger partial charge < -0.3 is 10.1 Å². The summed E-state index contributed by atoms with van der Waals surface area (Å²) in [5.41, 5.74) is 6.41. The van der Waals surface area contributed by atoms with Crippen LogP contribution in [0.25, 0.3) is 11.3 Å². The molecule has 1 aromatic heterocycles. The number of thiazole rings is 1. The Morgan fingerprint density at radius 1 is 1.09 bits per heavy atom. The maximum atomic E-state index is 12.4. The molecular weight excluding hydrogens is 503 g/mol. The van der Waals surface area contributed by atoms with Gasteiger partial charge in [0.1, 0.15) is 5.75 Å². The van der Waals surface area contributed by atoms with Gasteiger partial charge in [-0.3, -0.25) is 4.79 Å². The van der Waals surface area contributed by atoms with Gasteiger partial charge in [0.25, 0.3) is 5.91 Å². The second kappa shape index (κ2) is 11.8. The van der Waals surface area contributed by atoms with Crippen LogP contribution < -0.4 is 15.5 Å². The average Bonchev–Trinajstić information content (AvgIpc) is 3.33. The molecule has 0 unspecified atom stereocenters. The lowest BCUT2D eigenvalue weighted by molar-refractivity contribution is 0.0955. The first-order chi connectivity index (χ1) is 17.0. The van der Waals surface area contributed by atoms with Crippen LogP contribution in [0.4, 0.5) is 10.8 Å². The Hall–Kier alpha value is -3.39. The monoisotopic (exact) mass is 524 g/mol. The van der Waals surface area contributed by atoms with Crippen LogP contribution in [0, 0.1) is 0 Å². The maximum Gasteiger partial charge on any atom is 0.271 e. The van der Waals surface area contributed by atoms with Crippen molar-refractivity contribution >= 4 is 57.5 Å². The predicted molar refractivity (Wildman–Crippen MR) is 145 cm³/mol. The van der Waals surface area contributed by atoms with Gasteiger partial charge in [-0.25, -0.2) is 10.4 Å². The Morgan fingerprint density at radius 2 is 1.86 bits per heavy atom. The molecule has 0 saturated heterocycles. The molecule has 4 aromatic rings. The number of carbonyl (C=O) groups excluding carboxylic acids is 1. The maximum absolute atomic E-state index is 12.4. The van der Waals surface area contributed by atoms with Crippen molar-refractivity contribution in [1.82, 2.24) is 10.4 Å². The van der Waals surface area contributed by atoms with Crippen molar-refractivity contribution < 1.29 is 9.53 Å². The highest BCUT2D eigenvalue weighted by molar-refractivity contribution is 7.14. The molecule has 0 aliphatic rings. The number of benzene rings is 3. The van der Waals surface area contributed by atoms with Gasteiger partial charge in [-0.1, -0.05) is 42.3 Å². The zero-order valence-electron chi connectivity index (χ0n) is 18.8. The summed E-state index contributed by atoms with van der Waals surface area (Å²) >= 11 is 13.7. The van der Waals surface area contributed by atoms with Gasteiger partial charge in [0.05, 0.1) is 23.5 Å². The highest BCUT2D eigenvalue weighted by Gasteiger charge is 2.08. The zero-order chi connectivity index (χ0) is 24.6. The number of nitrogens with zero attached hydrogens (tertiary/aromatic N) is 2. The van der Waals surface area contributed by atoms with Gasteiger partial charge in [-0.2, -0.15) is 5.10 Å². The van der Waals surface area contributed by atoms with E-state index in [9.17, 15) is 4.79 Å². The Morgan fingerprint density at radius 3 is 2.57 bits per heavy atom. The first-order valence-corrected chi connectivity index (χ1v) is 12.5. The van der Waals surface area contributed by atoms with Crippen LogP contribution in [0.2, 0.25) is 10.0 Å². The Labute approximate surface area is 217 Å². The average molecular weight is 525 g/mol. The van der Waals surface area contributed by atoms with Crippen molar-refractivity contribution in [2.24, 2.45) is 5.10 Å². The number of hydrogen-bond acceptors (Lipinski definition) is 6. The molecule has 0 saturated carbocycles. The lowest BCUT2D eigenvalue weighted by Gasteiger charge is -2.07. The lowest BCUT2D eigenvalue weighted by atomic mass is 10.1. The summed E-state index contributed by atoms with van der Waals surface area (Å²) in [5, 5.41) is 11.2. The number of rotatable bonds is 9. The molecule has 0 atom stereocenters. The number of hydrazone groups is 1. The molecule has 2 N–H and O–H groups in total. The Kier molecular flexibility index (Phi) is 8.36. The molecule has 0 radical (unpaired) electrons. The van der Waals surface area contributed by atoms with E-state index in [1.165, 1.54) is 17.6 Å². The fourth-order valence-electron chi connectivity index (χ4n) is 3.07. The first kappa shape index (κ1) is 24.7. The molecule has 4 rings (SSSR count). The molecule has 9 heteroatoms. The molecule has 1 amide bonds. The van der Waals surface area contributed by atoms with Crippen molar-refractivity contribution in [3.05, 3.63) is 93.3 Å². The van der Waals surface area contributed by atoms with Crippen LogP contribution in [0.15, 0.2) is 77.2 Å². The van der Waals surface area contributed by atoms with Crippen LogP contribution in [0.1, 0.15) is 29.3 Å². The van der Waals surface area contributed by atoms with Gasteiger partial charge in [-0.15, -0.1) is 11.3 Å². The third kappa shape index (κ3) is 6.82. The summed E-state index contributed by atoms with van der Waals surface area (Å²) < 4.78 is 5.56. The van der Waals surface area contributed by atoms with Crippen molar-refractivity contribution in [3.63, 3.8) is 0 Å². The minimum absolute atomic E-state index is 0.315. The standard InChI is InChI=1S/C26H22Cl2N4O2S/c1-2-13-34-24-12-3-17(14-22(24)28)15-29-32-25(33)19-6-4-18(5-7-19)23-16-35-26(31-23)30-21-10-8-20(27)9-11-21/h3-12,14-16H,2,13H2,1H3,(H,30,31)(H,32,33)/b29-15-. The van der Waals surface area contributed by atoms with E-state index < -0.39 is 0 Å². The third-order valence-corrected chi connectivity index (χ3v) is 6.14. The fourth-order valence-corrected chi connectivity index (χ4v) is 4.18. The second-order valence-electron chi connectivity index (χ2n) is 7.48. The number of nitrogens with one attached hydrogen (secondary N) is 2. The number of halogens is 2. The molecule has 178 valence electrons. The highest BCUT2D eigenvalue weighted by Crippen LogP contribution is 2.28. The molecule has 6 nitrogen and oxygen atoms in total. The van der Waals surface area contributed by atoms with Crippen LogP contribution >= 0.6 is 34.5 Å². The quantitative estimate of drug-likeness (QED) is 0.176. The summed E-state index contributed by atoms with van der Waals surface area (Å²) in [6.07, 6.45) is 2.44. The van der Waals surface area contributed by atoms with E-state index in [2.05, 4.69) is 20.8 Å². The van der Waals surface area contributed by atoms with E-state index in [1.807, 2.05) is 54.8 Å². The summed E-state index contributed by atoms with van der Waals surface area (Å²) in [6.45, 7) is 2.63. The van der Waals surface area contributed by atoms with Gasteiger partial charge >= 0.3 is 0 Å². The molecule has 0 spiro atoms. The van der Waals surface area contributed by atoms with Crippen molar-refractivity contribution in [2.45, 2.75) is 13.3 Å². The molecule has 0 fully saturated rings. The highest BCUT2D eigenvalue weighted by atomic mass is 35.5. The first-order valence-electron chi connectivity index (χ1n) is 10.9. The molecule has 3 aromatic carbocycles. The van der Waals surface area contributed by atoms with Crippen LogP contribution in [0.3, 0.4) is 0 Å². The largest absolute Gasteiger partial charge is 0.492 e. The lowest BCUT2D eigenvalue weighted by Crippen LogP contribution is -2.17. The third-order valence-electron chi connectivity index (χ3n) is 4.84. The van der Waals surface area contributed by atoms with Crippen LogP contribution in [-0.2, 0) is 0 Å². The van der Waals surface area contributed by atoms with E-state index in [-0.39, 0.29) is 5.91 Å². The van der Waals surface area contributed by atoms with Gasteiger partial charge in [0, 0.05) is 27.2 Å². The van der Waals surface area contributed by atoms with Crippen LogP contribution in [-0.4, -0.2) is 23.7 Å². The number of aromatic nitrogens is 1. The number of anilines is 2. The number of ether oxygens (including phenoxy) is 1. The summed E-state index contributed by atoms with van der Waals surface area (Å²) in [7, 11) is 0. The number of carbonyl (C=O) groups is 1. The molecule has 0 aliphatic heterocycles. The fraction of sp³-hybridized carbons (Fsp3) is 0.115. The van der Waals surface area contributed by atoms with Gasteiger partial charge in [-0.05, 0) is 66.6 Å². The van der Waals surface area contributed by atoms with Crippen LogP contribution in [0.5, 0.6) is 5.75 Å². The summed E-state index contributed by atoms with van der Waals surface area (Å²) in [5.74, 6) is 0.313. The normalized spacial score (nSPS) is 10.9. The topological polar surface area (TPSA) is 75.6 Å². The molecule has 0 bridgehead atoms. The molecule has 1 heterocycles. The second-order valence-corrected chi connectivity index (χ2v) is 9.19. The van der Waals surface area contributed by atoms with E-state index in [0.717, 1.165) is 34.1 Å². The number of amides is 1. The zero-order valence-corrected chi connectivity index (χ0v) is 21.1. The van der Waals surface area contributed by atoms with E-state index >= 15 is 0 Å². The summed E-state index contributed by atoms with van der Waals surface area (Å²) in [6, 6.07) is 20.0. The smallest absolute Gasteiger partial charge is 0.271 e. The SMILES string of the molecule is CCCOc1ccc(/C=N\NC(=O)c2ccc(-c3csc(Nc4ccc(Cl)cc4)n3)cc2)cc1Cl. The van der Waals surface area contributed by atoms with E-state index in [1.54, 1.807) is 24.3 Å². The Balaban J connectivity index is 1.34. The van der Waals surface area contributed by atoms with Crippen molar-refractivity contribution in [1.29, 1.82) is 0 Å². The van der Waals surface area contributed by atoms with Gasteiger partial charge in [0.2, 0.25) is 0 Å². The minimum Gasteiger partial charge on any atom is -0.492 e. The summed E-state index contributed by atoms with van der Waals surface area (Å²) in [4.78, 5) is 17.1. The molecule has 35 heavy (non-hydrogen) atoms. The minimum atomic E-state index is -0.315. The van der Waals surface area contributed by atoms with Crippen molar-refractivity contribution in [3.8, 4) is 17.0 Å². The van der Waals surface area contributed by atoms with Gasteiger partial charge in [0.15, 0.2) is 5.13 Å². The molecule has 0 aliphatic carbocycles. The van der Waals surface area contributed by atoms with E-state index in [0.29, 0.717) is 28.0 Å². The number of hydrogen-bond donors (Lipinski definition) is 2. The van der Waals surface area contributed by atoms with Crippen molar-refractivity contribution in [2.75, 3.05) is 11.9 Å². The van der Waals surface area contributed by atoms with E-state index in [4.69, 9.17) is 27.9 Å². The molecular formula is C26H22Cl2N4O2S. The Bertz CT molecular complexity index is 1320. The predicted octanol–water partition coefficient (Wildman–Crippen LogP) is 7.41.